The first kappa shape index (κ1) is 19.4. The lowest BCUT2D eigenvalue weighted by atomic mass is 10.1. The second-order valence-electron chi connectivity index (χ2n) is 5.14. The zero-order valence-corrected chi connectivity index (χ0v) is 14.8. The molecule has 1 aromatic rings. The Labute approximate surface area is 147 Å². The van der Waals surface area contributed by atoms with Crippen molar-refractivity contribution in [2.45, 2.75) is 25.3 Å². The zero-order chi connectivity index (χ0) is 15.2. The average Bonchev–Trinajstić information content (AvgIpc) is 2.50. The zero-order valence-electron chi connectivity index (χ0n) is 12.5. The first-order valence-corrected chi connectivity index (χ1v) is 7.88. The minimum Gasteiger partial charge on any atom is -0.493 e. The van der Waals surface area contributed by atoms with Crippen molar-refractivity contribution in [2.75, 3.05) is 26.7 Å². The number of hydrogen-bond donors (Lipinski definition) is 1. The molecule has 1 unspecified atom stereocenters. The molecule has 1 aliphatic rings. The summed E-state index contributed by atoms with van der Waals surface area (Å²) in [4.78, 5) is 14.0. The molecular formula is C15H21Cl3N2O2. The monoisotopic (exact) mass is 366 g/mol. The summed E-state index contributed by atoms with van der Waals surface area (Å²) in [7, 11) is 1.94. The molecule has 0 radical (unpaired) electrons. The summed E-state index contributed by atoms with van der Waals surface area (Å²) in [6.45, 7) is 1.96. The van der Waals surface area contributed by atoms with Crippen molar-refractivity contribution < 1.29 is 9.53 Å². The lowest BCUT2D eigenvalue weighted by Gasteiger charge is -2.32. The maximum Gasteiger partial charge on any atom is 0.226 e. The number of benzene rings is 1. The van der Waals surface area contributed by atoms with Crippen LogP contribution in [0.4, 0.5) is 0 Å². The largest absolute Gasteiger partial charge is 0.493 e. The number of nitrogens with zero attached hydrogens (tertiary/aromatic N) is 1. The molecular weight excluding hydrogens is 347 g/mol. The molecule has 1 fully saturated rings. The van der Waals surface area contributed by atoms with Crippen LogP contribution < -0.4 is 10.1 Å². The second-order valence-corrected chi connectivity index (χ2v) is 5.96. The number of hydrogen-bond acceptors (Lipinski definition) is 3. The van der Waals surface area contributed by atoms with E-state index in [1.54, 1.807) is 18.2 Å². The average molecular weight is 368 g/mol. The summed E-state index contributed by atoms with van der Waals surface area (Å²) in [5.74, 6) is 0.763. The van der Waals surface area contributed by atoms with E-state index < -0.39 is 0 Å². The highest BCUT2D eigenvalue weighted by molar-refractivity contribution is 6.42. The van der Waals surface area contributed by atoms with Crippen LogP contribution in [0, 0.1) is 0 Å². The van der Waals surface area contributed by atoms with Gasteiger partial charge in [-0.15, -0.1) is 12.4 Å². The predicted octanol–water partition coefficient (Wildman–Crippen LogP) is 3.39. The molecule has 0 saturated carbocycles. The van der Waals surface area contributed by atoms with Gasteiger partial charge in [-0.3, -0.25) is 4.79 Å². The molecule has 1 aliphatic heterocycles. The Morgan fingerprint density at radius 3 is 2.86 bits per heavy atom. The van der Waals surface area contributed by atoms with Crippen LogP contribution in [0.15, 0.2) is 18.2 Å². The van der Waals surface area contributed by atoms with Gasteiger partial charge in [-0.25, -0.2) is 0 Å². The molecule has 7 heteroatoms. The van der Waals surface area contributed by atoms with E-state index in [1.165, 1.54) is 0 Å². The van der Waals surface area contributed by atoms with Crippen LogP contribution in [0.3, 0.4) is 0 Å². The molecule has 1 aromatic carbocycles. The summed E-state index contributed by atoms with van der Waals surface area (Å²) in [5.41, 5.74) is 0. The highest BCUT2D eigenvalue weighted by atomic mass is 35.5. The number of carbonyl (C=O) groups is 1. The number of ether oxygens (including phenoxy) is 1. The summed E-state index contributed by atoms with van der Waals surface area (Å²) in [5, 5.41) is 4.17. The SMILES string of the molecule is CNC1CCCN(C(=O)CCOc2ccc(Cl)c(Cl)c2)C1.Cl. The maximum absolute atomic E-state index is 12.1. The highest BCUT2D eigenvalue weighted by Crippen LogP contribution is 2.26. The molecule has 2 rings (SSSR count). The van der Waals surface area contributed by atoms with Crippen molar-refractivity contribution in [3.63, 3.8) is 0 Å². The summed E-state index contributed by atoms with van der Waals surface area (Å²) >= 11 is 11.8. The number of amides is 1. The van der Waals surface area contributed by atoms with E-state index in [0.29, 0.717) is 34.9 Å². The van der Waals surface area contributed by atoms with E-state index in [-0.39, 0.29) is 18.3 Å². The molecule has 1 atom stereocenters. The third-order valence-corrected chi connectivity index (χ3v) is 4.40. The van der Waals surface area contributed by atoms with Crippen molar-refractivity contribution in [3.8, 4) is 5.75 Å². The van der Waals surface area contributed by atoms with Crippen LogP contribution >= 0.6 is 35.6 Å². The first-order chi connectivity index (χ1) is 10.1. The Hall–Kier alpha value is -0.680. The molecule has 124 valence electrons. The van der Waals surface area contributed by atoms with Crippen molar-refractivity contribution in [3.05, 3.63) is 28.2 Å². The van der Waals surface area contributed by atoms with Crippen LogP contribution in [-0.4, -0.2) is 43.6 Å². The molecule has 1 saturated heterocycles. The molecule has 4 nitrogen and oxygen atoms in total. The summed E-state index contributed by atoms with van der Waals surface area (Å²) < 4.78 is 5.55. The number of rotatable bonds is 5. The number of nitrogens with one attached hydrogen (secondary N) is 1. The number of likely N-dealkylation sites (tertiary alicyclic amines) is 1. The normalized spacial score (nSPS) is 17.8. The minimum atomic E-state index is 0. The van der Waals surface area contributed by atoms with E-state index in [2.05, 4.69) is 5.32 Å². The Morgan fingerprint density at radius 1 is 1.41 bits per heavy atom. The Morgan fingerprint density at radius 2 is 2.18 bits per heavy atom. The van der Waals surface area contributed by atoms with E-state index >= 15 is 0 Å². The molecule has 1 heterocycles. The Kier molecular flexibility index (Phi) is 8.33. The Balaban J connectivity index is 0.00000242. The quantitative estimate of drug-likeness (QED) is 0.867. The molecule has 0 spiro atoms. The van der Waals surface area contributed by atoms with Gasteiger partial charge in [0.15, 0.2) is 0 Å². The molecule has 0 aromatic heterocycles. The number of likely N-dealkylation sites (N-methyl/N-ethyl adjacent to an activating group) is 1. The van der Waals surface area contributed by atoms with Crippen molar-refractivity contribution in [1.82, 2.24) is 10.2 Å². The molecule has 1 N–H and O–H groups in total. The molecule has 22 heavy (non-hydrogen) atoms. The van der Waals surface area contributed by atoms with Gasteiger partial charge >= 0.3 is 0 Å². The third kappa shape index (κ3) is 5.51. The van der Waals surface area contributed by atoms with E-state index in [1.807, 2.05) is 11.9 Å². The predicted molar refractivity (Wildman–Crippen MR) is 92.5 cm³/mol. The summed E-state index contributed by atoms with van der Waals surface area (Å²) in [6, 6.07) is 5.49. The lowest BCUT2D eigenvalue weighted by molar-refractivity contribution is -0.133. The smallest absolute Gasteiger partial charge is 0.226 e. The van der Waals surface area contributed by atoms with Gasteiger partial charge in [0.25, 0.3) is 0 Å². The van der Waals surface area contributed by atoms with Gasteiger partial charge in [-0.05, 0) is 32.0 Å². The van der Waals surface area contributed by atoms with Gasteiger partial charge in [0, 0.05) is 25.2 Å². The second kappa shape index (κ2) is 9.46. The number of carbonyl (C=O) groups excluding carboxylic acids is 1. The summed E-state index contributed by atoms with van der Waals surface area (Å²) in [6.07, 6.45) is 2.54. The molecule has 1 amide bonds. The standard InChI is InChI=1S/C15H20Cl2N2O2.ClH/c1-18-11-3-2-7-19(10-11)15(20)6-8-21-12-4-5-13(16)14(17)9-12;/h4-5,9,11,18H,2-3,6-8,10H2,1H3;1H. The highest BCUT2D eigenvalue weighted by Gasteiger charge is 2.22. The van der Waals surface area contributed by atoms with Gasteiger partial charge in [-0.1, -0.05) is 23.2 Å². The molecule has 0 aliphatic carbocycles. The van der Waals surface area contributed by atoms with E-state index in [9.17, 15) is 4.79 Å². The van der Waals surface area contributed by atoms with E-state index in [0.717, 1.165) is 25.9 Å². The lowest BCUT2D eigenvalue weighted by Crippen LogP contribution is -2.47. The molecule has 0 bridgehead atoms. The number of halogens is 3. The van der Waals surface area contributed by atoms with Crippen LogP contribution in [0.25, 0.3) is 0 Å². The Bertz CT molecular complexity index is 500. The number of piperidine rings is 1. The van der Waals surface area contributed by atoms with Crippen molar-refractivity contribution in [2.24, 2.45) is 0 Å². The fourth-order valence-corrected chi connectivity index (χ4v) is 2.71. The van der Waals surface area contributed by atoms with Crippen LogP contribution in [0.5, 0.6) is 5.75 Å². The third-order valence-electron chi connectivity index (χ3n) is 3.66. The van der Waals surface area contributed by atoms with Gasteiger partial charge in [0.05, 0.1) is 23.1 Å². The van der Waals surface area contributed by atoms with Gasteiger partial charge in [0.1, 0.15) is 5.75 Å². The maximum atomic E-state index is 12.1. The first-order valence-electron chi connectivity index (χ1n) is 7.13. The van der Waals surface area contributed by atoms with Gasteiger partial charge in [0.2, 0.25) is 5.91 Å². The van der Waals surface area contributed by atoms with Gasteiger partial charge < -0.3 is 15.0 Å². The van der Waals surface area contributed by atoms with Crippen molar-refractivity contribution in [1.29, 1.82) is 0 Å². The fraction of sp³-hybridized carbons (Fsp3) is 0.533. The minimum absolute atomic E-state index is 0. The van der Waals surface area contributed by atoms with Crippen molar-refractivity contribution >= 4 is 41.5 Å². The topological polar surface area (TPSA) is 41.6 Å². The van der Waals surface area contributed by atoms with Crippen LogP contribution in [0.1, 0.15) is 19.3 Å². The van der Waals surface area contributed by atoms with Gasteiger partial charge in [-0.2, -0.15) is 0 Å². The van der Waals surface area contributed by atoms with Crippen LogP contribution in [-0.2, 0) is 4.79 Å². The fourth-order valence-electron chi connectivity index (χ4n) is 2.42. The van der Waals surface area contributed by atoms with Crippen LogP contribution in [0.2, 0.25) is 10.0 Å². The van der Waals surface area contributed by atoms with E-state index in [4.69, 9.17) is 27.9 Å².